The predicted molar refractivity (Wildman–Crippen MR) is 89.8 cm³/mol. The van der Waals surface area contributed by atoms with Crippen LogP contribution in [0.5, 0.6) is 0 Å². The van der Waals surface area contributed by atoms with Gasteiger partial charge in [0.05, 0.1) is 36.9 Å². The molecule has 3 N–H and O–H groups in total. The maximum absolute atomic E-state index is 12.7. The maximum atomic E-state index is 12.7. The van der Waals surface area contributed by atoms with E-state index in [9.17, 15) is 13.2 Å². The summed E-state index contributed by atoms with van der Waals surface area (Å²) < 4.78 is 38.9. The van der Waals surface area contributed by atoms with Crippen molar-refractivity contribution in [3.8, 4) is 0 Å². The summed E-state index contributed by atoms with van der Waals surface area (Å²) in [5, 5.41) is 11.6. The van der Waals surface area contributed by atoms with Crippen LogP contribution in [0, 0.1) is 0 Å². The highest BCUT2D eigenvalue weighted by molar-refractivity contribution is 7.89. The normalized spacial score (nSPS) is 23.8. The number of sulfonamides is 1. The Balaban J connectivity index is 1.75. The third-order valence-corrected chi connectivity index (χ3v) is 5.79. The molecular weight excluding hydrogens is 348 g/mol. The second-order valence-corrected chi connectivity index (χ2v) is 7.81. The number of aryl methyl sites for hydroxylation is 1. The van der Waals surface area contributed by atoms with Crippen LogP contribution >= 0.6 is 0 Å². The number of amides is 1. The van der Waals surface area contributed by atoms with E-state index in [1.807, 2.05) is 0 Å². The lowest BCUT2D eigenvalue weighted by Gasteiger charge is -2.31. The minimum Gasteiger partial charge on any atom is -0.394 e. The summed E-state index contributed by atoms with van der Waals surface area (Å²) in [7, 11) is -3.75. The summed E-state index contributed by atoms with van der Waals surface area (Å²) >= 11 is 0. The summed E-state index contributed by atoms with van der Waals surface area (Å²) in [4.78, 5) is 11.6. The Labute approximate surface area is 146 Å². The average molecular weight is 370 g/mol. The lowest BCUT2D eigenvalue weighted by Crippen LogP contribution is -2.50. The smallest absolute Gasteiger partial charge is 0.240 e. The zero-order valence-corrected chi connectivity index (χ0v) is 14.5. The first-order valence-electron chi connectivity index (χ1n) is 8.25. The van der Waals surface area contributed by atoms with Gasteiger partial charge in [-0.25, -0.2) is 13.1 Å². The van der Waals surface area contributed by atoms with Crippen LogP contribution in [0.1, 0.15) is 18.4 Å². The first kappa shape index (κ1) is 18.3. The molecule has 1 fully saturated rings. The van der Waals surface area contributed by atoms with Crippen molar-refractivity contribution in [3.63, 3.8) is 0 Å². The fraction of sp³-hybridized carbons (Fsp3) is 0.562. The van der Waals surface area contributed by atoms with Gasteiger partial charge in [-0.15, -0.1) is 0 Å². The van der Waals surface area contributed by atoms with Crippen LogP contribution < -0.4 is 10.0 Å². The molecule has 0 aromatic heterocycles. The SMILES string of the molecule is O=C1CCc2cc(S(=O)(=O)N[C@H]3COCC[C@H]3OCCO)ccc2N1. The monoisotopic (exact) mass is 370 g/mol. The van der Waals surface area contributed by atoms with Crippen LogP contribution in [0.4, 0.5) is 5.69 Å². The number of fused-ring (bicyclic) bond motifs is 1. The van der Waals surface area contributed by atoms with Gasteiger partial charge in [-0.2, -0.15) is 0 Å². The van der Waals surface area contributed by atoms with Gasteiger partial charge < -0.3 is 19.9 Å². The number of benzene rings is 1. The Morgan fingerprint density at radius 3 is 3.00 bits per heavy atom. The van der Waals surface area contributed by atoms with Crippen LogP contribution in [0.3, 0.4) is 0 Å². The van der Waals surface area contributed by atoms with Gasteiger partial charge in [0.15, 0.2) is 0 Å². The van der Waals surface area contributed by atoms with Gasteiger partial charge >= 0.3 is 0 Å². The molecule has 8 nitrogen and oxygen atoms in total. The lowest BCUT2D eigenvalue weighted by molar-refractivity contribution is -0.116. The summed E-state index contributed by atoms with van der Waals surface area (Å²) in [6.45, 7) is 0.748. The van der Waals surface area contributed by atoms with Crippen molar-refractivity contribution >= 4 is 21.6 Å². The Morgan fingerprint density at radius 1 is 1.36 bits per heavy atom. The molecule has 9 heteroatoms. The number of hydrogen-bond donors (Lipinski definition) is 3. The van der Waals surface area contributed by atoms with Crippen LogP contribution in [0.25, 0.3) is 0 Å². The molecule has 2 aliphatic heterocycles. The van der Waals surface area contributed by atoms with E-state index >= 15 is 0 Å². The molecule has 2 atom stereocenters. The molecule has 0 bridgehead atoms. The molecule has 0 unspecified atom stereocenters. The standard InChI is InChI=1S/C16H22N2O6S/c19-6-8-24-15-5-7-23-10-14(15)18-25(21,22)12-2-3-13-11(9-12)1-4-16(20)17-13/h2-3,9,14-15,18-19H,1,4-8,10H2,(H,17,20)/t14-,15+/m0/s1. The van der Waals surface area contributed by atoms with Gasteiger partial charge in [-0.1, -0.05) is 0 Å². The van der Waals surface area contributed by atoms with E-state index in [-0.39, 0.29) is 36.7 Å². The van der Waals surface area contributed by atoms with Crippen molar-refractivity contribution in [2.75, 3.05) is 31.7 Å². The van der Waals surface area contributed by atoms with E-state index in [0.29, 0.717) is 31.6 Å². The first-order valence-corrected chi connectivity index (χ1v) is 9.73. The topological polar surface area (TPSA) is 114 Å². The number of nitrogens with one attached hydrogen (secondary N) is 2. The zero-order chi connectivity index (χ0) is 17.9. The van der Waals surface area contributed by atoms with E-state index in [0.717, 1.165) is 5.56 Å². The van der Waals surface area contributed by atoms with Gasteiger partial charge in [-0.3, -0.25) is 4.79 Å². The molecule has 3 rings (SSSR count). The molecule has 2 heterocycles. The molecule has 1 aromatic carbocycles. The highest BCUT2D eigenvalue weighted by atomic mass is 32.2. The van der Waals surface area contributed by atoms with Gasteiger partial charge in [0.2, 0.25) is 15.9 Å². The second kappa shape index (κ2) is 7.79. The Morgan fingerprint density at radius 2 is 2.20 bits per heavy atom. The largest absolute Gasteiger partial charge is 0.394 e. The van der Waals surface area contributed by atoms with Gasteiger partial charge in [0, 0.05) is 18.7 Å². The Bertz CT molecular complexity index is 736. The van der Waals surface area contributed by atoms with E-state index in [1.54, 1.807) is 12.1 Å². The fourth-order valence-corrected chi connectivity index (χ4v) is 4.33. The number of carbonyl (C=O) groups excluding carboxylic acids is 1. The van der Waals surface area contributed by atoms with Gasteiger partial charge in [0.1, 0.15) is 0 Å². The molecule has 0 aliphatic carbocycles. The van der Waals surface area contributed by atoms with Gasteiger partial charge in [0.25, 0.3) is 0 Å². The third kappa shape index (κ3) is 4.36. The molecule has 1 amide bonds. The van der Waals surface area contributed by atoms with Crippen LogP contribution in [-0.4, -0.2) is 58.0 Å². The van der Waals surface area contributed by atoms with Crippen molar-refractivity contribution in [1.29, 1.82) is 0 Å². The molecular formula is C16H22N2O6S. The summed E-state index contributed by atoms with van der Waals surface area (Å²) in [5.41, 5.74) is 1.45. The fourth-order valence-electron chi connectivity index (χ4n) is 3.03. The highest BCUT2D eigenvalue weighted by Gasteiger charge is 2.31. The number of aliphatic hydroxyl groups is 1. The molecule has 0 radical (unpaired) electrons. The molecule has 1 aromatic rings. The number of anilines is 1. The van der Waals surface area contributed by atoms with Crippen molar-refractivity contribution in [1.82, 2.24) is 4.72 Å². The molecule has 0 saturated carbocycles. The van der Waals surface area contributed by atoms with E-state index < -0.39 is 16.1 Å². The Kier molecular flexibility index (Phi) is 5.70. The molecule has 0 spiro atoms. The quantitative estimate of drug-likeness (QED) is 0.650. The minimum atomic E-state index is -3.75. The molecule has 138 valence electrons. The van der Waals surface area contributed by atoms with E-state index in [4.69, 9.17) is 14.6 Å². The number of ether oxygens (including phenoxy) is 2. The predicted octanol–water partition coefficient (Wildman–Crippen LogP) is 0.0160. The number of hydrogen-bond acceptors (Lipinski definition) is 6. The van der Waals surface area contributed by atoms with Crippen molar-refractivity contribution in [2.45, 2.75) is 36.3 Å². The average Bonchev–Trinajstić information content (AvgIpc) is 2.60. The summed E-state index contributed by atoms with van der Waals surface area (Å²) in [5.74, 6) is -0.0653. The van der Waals surface area contributed by atoms with E-state index in [1.165, 1.54) is 6.07 Å². The van der Waals surface area contributed by atoms with E-state index in [2.05, 4.69) is 10.0 Å². The number of aliphatic hydroxyl groups excluding tert-OH is 1. The van der Waals surface area contributed by atoms with Crippen molar-refractivity contribution < 1.29 is 27.8 Å². The minimum absolute atomic E-state index is 0.0653. The first-order chi connectivity index (χ1) is 12.0. The maximum Gasteiger partial charge on any atom is 0.240 e. The second-order valence-electron chi connectivity index (χ2n) is 6.09. The van der Waals surface area contributed by atoms with Crippen molar-refractivity contribution in [2.24, 2.45) is 0 Å². The Hall–Kier alpha value is -1.52. The van der Waals surface area contributed by atoms with Crippen LogP contribution in [-0.2, 0) is 30.7 Å². The van der Waals surface area contributed by atoms with Gasteiger partial charge in [-0.05, 0) is 36.6 Å². The van der Waals surface area contributed by atoms with Crippen molar-refractivity contribution in [3.05, 3.63) is 23.8 Å². The zero-order valence-electron chi connectivity index (χ0n) is 13.7. The third-order valence-electron chi connectivity index (χ3n) is 4.31. The lowest BCUT2D eigenvalue weighted by atomic mass is 10.0. The molecule has 25 heavy (non-hydrogen) atoms. The molecule has 2 aliphatic rings. The molecule has 1 saturated heterocycles. The highest BCUT2D eigenvalue weighted by Crippen LogP contribution is 2.26. The summed E-state index contributed by atoms with van der Waals surface area (Å²) in [6, 6.07) is 4.16. The number of carbonyl (C=O) groups is 1. The number of rotatable bonds is 6. The van der Waals surface area contributed by atoms with Crippen LogP contribution in [0.15, 0.2) is 23.1 Å². The van der Waals surface area contributed by atoms with Crippen LogP contribution in [0.2, 0.25) is 0 Å². The summed E-state index contributed by atoms with van der Waals surface area (Å²) in [6.07, 6.45) is 1.08.